The quantitative estimate of drug-likeness (QED) is 0.302. The number of hydrogen-bond donors (Lipinski definition) is 6. The van der Waals surface area contributed by atoms with Crippen molar-refractivity contribution >= 4 is 0 Å². The average molecular weight is 221 g/mol. The first-order chi connectivity index (χ1) is 7.04. The molecule has 6 atom stereocenters. The second-order valence-electron chi connectivity index (χ2n) is 4.07. The molecule has 0 amide bonds. The zero-order valence-electron chi connectivity index (χ0n) is 8.40. The molecule has 0 aromatic carbocycles. The van der Waals surface area contributed by atoms with Crippen molar-refractivity contribution in [1.29, 1.82) is 0 Å². The lowest BCUT2D eigenvalue weighted by Gasteiger charge is -2.44. The molecule has 90 valence electrons. The van der Waals surface area contributed by atoms with E-state index >= 15 is 0 Å². The third-order valence-electron chi connectivity index (χ3n) is 3.25. The lowest BCUT2D eigenvalue weighted by molar-refractivity contribution is -0.149. The van der Waals surface area contributed by atoms with Gasteiger partial charge in [0.05, 0.1) is 12.2 Å². The van der Waals surface area contributed by atoms with E-state index in [9.17, 15) is 15.3 Å². The van der Waals surface area contributed by atoms with Crippen molar-refractivity contribution in [2.75, 3.05) is 13.2 Å². The van der Waals surface area contributed by atoms with Crippen LogP contribution in [-0.2, 0) is 0 Å². The molecular formula is C9H19NO5. The molecule has 6 nitrogen and oxygen atoms in total. The Morgan fingerprint density at radius 2 is 1.47 bits per heavy atom. The van der Waals surface area contributed by atoms with Gasteiger partial charge < -0.3 is 31.3 Å². The fourth-order valence-electron chi connectivity index (χ4n) is 2.27. The van der Waals surface area contributed by atoms with E-state index in [-0.39, 0.29) is 19.6 Å². The molecule has 1 aliphatic rings. The zero-order chi connectivity index (χ0) is 11.6. The van der Waals surface area contributed by atoms with Crippen LogP contribution in [0.1, 0.15) is 6.42 Å². The van der Waals surface area contributed by atoms with Crippen LogP contribution in [0.5, 0.6) is 0 Å². The Labute approximate surface area is 88.0 Å². The maximum absolute atomic E-state index is 9.62. The minimum Gasteiger partial charge on any atom is -0.396 e. The Morgan fingerprint density at radius 3 is 1.93 bits per heavy atom. The van der Waals surface area contributed by atoms with Gasteiger partial charge in [-0.15, -0.1) is 0 Å². The molecule has 6 heteroatoms. The monoisotopic (exact) mass is 221 g/mol. The minimum absolute atomic E-state index is 0.135. The van der Waals surface area contributed by atoms with Crippen molar-refractivity contribution in [3.63, 3.8) is 0 Å². The van der Waals surface area contributed by atoms with Gasteiger partial charge in [-0.25, -0.2) is 0 Å². The molecule has 1 rings (SSSR count). The topological polar surface area (TPSA) is 127 Å². The molecule has 0 saturated heterocycles. The van der Waals surface area contributed by atoms with Gasteiger partial charge in [-0.1, -0.05) is 0 Å². The van der Waals surface area contributed by atoms with E-state index < -0.39 is 36.2 Å². The smallest absolute Gasteiger partial charge is 0.108 e. The van der Waals surface area contributed by atoms with E-state index in [1.54, 1.807) is 0 Å². The first-order valence-electron chi connectivity index (χ1n) is 5.06. The summed E-state index contributed by atoms with van der Waals surface area (Å²) in [4.78, 5) is 0. The normalized spacial score (nSPS) is 46.8. The maximum atomic E-state index is 9.62. The second-order valence-corrected chi connectivity index (χ2v) is 4.07. The van der Waals surface area contributed by atoms with Crippen molar-refractivity contribution in [1.82, 2.24) is 0 Å². The van der Waals surface area contributed by atoms with E-state index in [1.165, 1.54) is 0 Å². The molecule has 1 aliphatic carbocycles. The molecule has 1 fully saturated rings. The highest BCUT2D eigenvalue weighted by molar-refractivity contribution is 4.99. The molecule has 0 aromatic rings. The van der Waals surface area contributed by atoms with E-state index in [2.05, 4.69) is 0 Å². The second kappa shape index (κ2) is 5.20. The first-order valence-corrected chi connectivity index (χ1v) is 5.06. The molecule has 1 saturated carbocycles. The summed E-state index contributed by atoms with van der Waals surface area (Å²) in [6, 6.07) is -0.743. The third-order valence-corrected chi connectivity index (χ3v) is 3.25. The van der Waals surface area contributed by atoms with Gasteiger partial charge in [0.1, 0.15) is 6.10 Å². The van der Waals surface area contributed by atoms with E-state index in [0.29, 0.717) is 0 Å². The zero-order valence-corrected chi connectivity index (χ0v) is 8.40. The number of rotatable bonds is 3. The van der Waals surface area contributed by atoms with E-state index in [0.717, 1.165) is 0 Å². The van der Waals surface area contributed by atoms with Crippen molar-refractivity contribution in [2.24, 2.45) is 17.6 Å². The SMILES string of the molecule is N[C@H]1[C@H](O)[C@@H](O)[C@H](O)[C@@H](CO)[C@@H]1CCO. The van der Waals surface area contributed by atoms with Crippen LogP contribution in [0.25, 0.3) is 0 Å². The Bertz CT molecular complexity index is 203. The van der Waals surface area contributed by atoms with Gasteiger partial charge >= 0.3 is 0 Å². The Morgan fingerprint density at radius 1 is 0.867 bits per heavy atom. The Balaban J connectivity index is 2.82. The molecule has 0 aromatic heterocycles. The molecule has 0 heterocycles. The summed E-state index contributed by atoms with van der Waals surface area (Å²) in [5, 5.41) is 46.5. The van der Waals surface area contributed by atoms with Gasteiger partial charge in [0.15, 0.2) is 0 Å². The predicted molar refractivity (Wildman–Crippen MR) is 51.8 cm³/mol. The van der Waals surface area contributed by atoms with Crippen LogP contribution in [0.15, 0.2) is 0 Å². The summed E-state index contributed by atoms with van der Waals surface area (Å²) in [5.41, 5.74) is 5.68. The van der Waals surface area contributed by atoms with Gasteiger partial charge in [-0.2, -0.15) is 0 Å². The summed E-state index contributed by atoms with van der Waals surface area (Å²) >= 11 is 0. The highest BCUT2D eigenvalue weighted by Gasteiger charge is 2.46. The third kappa shape index (κ3) is 2.30. The number of nitrogens with two attached hydrogens (primary N) is 1. The fourth-order valence-corrected chi connectivity index (χ4v) is 2.27. The van der Waals surface area contributed by atoms with Crippen LogP contribution >= 0.6 is 0 Å². The maximum Gasteiger partial charge on any atom is 0.108 e. The standard InChI is InChI=1S/C9H19NO5/c10-6-4(1-2-11)5(3-12)7(13)9(15)8(6)14/h4-9,11-15H,1-3,10H2/t4-,5-,6+,7+,8-,9-/m0/s1. The van der Waals surface area contributed by atoms with Crippen molar-refractivity contribution < 1.29 is 25.5 Å². The van der Waals surface area contributed by atoms with Crippen LogP contribution in [0, 0.1) is 11.8 Å². The molecule has 0 unspecified atom stereocenters. The summed E-state index contributed by atoms with van der Waals surface area (Å²) in [6.45, 7) is -0.465. The summed E-state index contributed by atoms with van der Waals surface area (Å²) in [5.74, 6) is -1.00. The van der Waals surface area contributed by atoms with Crippen LogP contribution < -0.4 is 5.73 Å². The van der Waals surface area contributed by atoms with E-state index in [1.807, 2.05) is 0 Å². The largest absolute Gasteiger partial charge is 0.396 e. The minimum atomic E-state index is -1.34. The first kappa shape index (κ1) is 12.8. The Kier molecular flexibility index (Phi) is 4.45. The van der Waals surface area contributed by atoms with Gasteiger partial charge in [-0.3, -0.25) is 0 Å². The van der Waals surface area contributed by atoms with E-state index in [4.69, 9.17) is 15.9 Å². The highest BCUT2D eigenvalue weighted by Crippen LogP contribution is 2.32. The average Bonchev–Trinajstić information content (AvgIpc) is 2.24. The molecule has 7 N–H and O–H groups in total. The predicted octanol–water partition coefficient (Wildman–Crippen LogP) is -2.98. The lowest BCUT2D eigenvalue weighted by atomic mass is 9.70. The van der Waals surface area contributed by atoms with Crippen LogP contribution in [0.3, 0.4) is 0 Å². The summed E-state index contributed by atoms with van der Waals surface area (Å²) < 4.78 is 0. The van der Waals surface area contributed by atoms with Crippen molar-refractivity contribution in [3.8, 4) is 0 Å². The summed E-state index contributed by atoms with van der Waals surface area (Å²) in [7, 11) is 0. The number of aliphatic hydroxyl groups is 5. The molecule has 15 heavy (non-hydrogen) atoms. The highest BCUT2D eigenvalue weighted by atomic mass is 16.4. The van der Waals surface area contributed by atoms with Crippen LogP contribution in [0.4, 0.5) is 0 Å². The lowest BCUT2D eigenvalue weighted by Crippen LogP contribution is -2.62. The molecule has 0 bridgehead atoms. The van der Waals surface area contributed by atoms with Crippen molar-refractivity contribution in [2.45, 2.75) is 30.8 Å². The molecule has 0 aliphatic heterocycles. The van der Waals surface area contributed by atoms with Gasteiger partial charge in [-0.05, 0) is 12.3 Å². The Hall–Kier alpha value is -0.240. The fraction of sp³-hybridized carbons (Fsp3) is 1.00. The van der Waals surface area contributed by atoms with Gasteiger partial charge in [0.25, 0.3) is 0 Å². The molecule has 0 radical (unpaired) electrons. The van der Waals surface area contributed by atoms with Crippen LogP contribution in [0.2, 0.25) is 0 Å². The number of aliphatic hydroxyl groups excluding tert-OH is 5. The van der Waals surface area contributed by atoms with Crippen molar-refractivity contribution in [3.05, 3.63) is 0 Å². The van der Waals surface area contributed by atoms with Gasteiger partial charge in [0, 0.05) is 25.2 Å². The molecular weight excluding hydrogens is 202 g/mol. The summed E-state index contributed by atoms with van der Waals surface area (Å²) in [6.07, 6.45) is -3.49. The van der Waals surface area contributed by atoms with Crippen LogP contribution in [-0.4, -0.2) is 63.1 Å². The number of hydrogen-bond acceptors (Lipinski definition) is 6. The van der Waals surface area contributed by atoms with Gasteiger partial charge in [0.2, 0.25) is 0 Å². The molecule has 0 spiro atoms.